The second-order valence-electron chi connectivity index (χ2n) is 5.27. The third-order valence-corrected chi connectivity index (χ3v) is 8.95. The molecule has 2 rings (SSSR count). The SMILES string of the molecule is COC(=O)[C@@H]1C(c2ccccc2)[C@@H](C(=O)OC)S(=O)(=O)CS1(=O)=O. The molecule has 1 fully saturated rings. The molecular weight excluding hydrogens is 360 g/mol. The third kappa shape index (κ3) is 3.16. The summed E-state index contributed by atoms with van der Waals surface area (Å²) >= 11 is 0. The van der Waals surface area contributed by atoms with Crippen LogP contribution in [0.4, 0.5) is 0 Å². The summed E-state index contributed by atoms with van der Waals surface area (Å²) in [6.07, 6.45) is 0. The van der Waals surface area contributed by atoms with Crippen molar-refractivity contribution in [1.82, 2.24) is 0 Å². The van der Waals surface area contributed by atoms with Crippen molar-refractivity contribution < 1.29 is 35.9 Å². The van der Waals surface area contributed by atoms with Gasteiger partial charge in [0.2, 0.25) is 0 Å². The van der Waals surface area contributed by atoms with Crippen molar-refractivity contribution in [3.8, 4) is 0 Å². The Kier molecular flexibility index (Phi) is 5.00. The zero-order valence-electron chi connectivity index (χ0n) is 12.9. The van der Waals surface area contributed by atoms with E-state index in [9.17, 15) is 26.4 Å². The maximum Gasteiger partial charge on any atom is 0.324 e. The molecule has 1 heterocycles. The molecule has 0 radical (unpaired) electrons. The number of methoxy groups -OCH3 is 2. The zero-order chi connectivity index (χ0) is 18.1. The molecule has 0 amide bonds. The van der Waals surface area contributed by atoms with E-state index in [1.165, 1.54) is 12.1 Å². The summed E-state index contributed by atoms with van der Waals surface area (Å²) in [6.45, 7) is 0. The van der Waals surface area contributed by atoms with E-state index in [4.69, 9.17) is 0 Å². The van der Waals surface area contributed by atoms with Gasteiger partial charge >= 0.3 is 11.9 Å². The molecule has 2 atom stereocenters. The maximum atomic E-state index is 12.4. The highest BCUT2D eigenvalue weighted by atomic mass is 32.3. The first-order valence-electron chi connectivity index (χ1n) is 6.79. The summed E-state index contributed by atoms with van der Waals surface area (Å²) in [5, 5.41) is -4.93. The highest BCUT2D eigenvalue weighted by Crippen LogP contribution is 2.39. The molecule has 24 heavy (non-hydrogen) atoms. The Balaban J connectivity index is 2.77. The minimum atomic E-state index is -4.38. The Morgan fingerprint density at radius 2 is 1.29 bits per heavy atom. The van der Waals surface area contributed by atoms with E-state index in [0.717, 1.165) is 14.2 Å². The summed E-state index contributed by atoms with van der Waals surface area (Å²) in [5.74, 6) is -3.69. The number of esters is 2. The van der Waals surface area contributed by atoms with Crippen LogP contribution in [0.2, 0.25) is 0 Å². The molecule has 1 aliphatic rings. The van der Waals surface area contributed by atoms with Crippen molar-refractivity contribution >= 4 is 31.6 Å². The van der Waals surface area contributed by atoms with Crippen molar-refractivity contribution in [1.29, 1.82) is 0 Å². The fourth-order valence-corrected chi connectivity index (χ4v) is 8.23. The predicted octanol–water partition coefficient (Wildman–Crippen LogP) is -0.346. The summed E-state index contributed by atoms with van der Waals surface area (Å²) in [4.78, 5) is 24.2. The maximum absolute atomic E-state index is 12.4. The highest BCUT2D eigenvalue weighted by Gasteiger charge is 2.58. The Labute approximate surface area is 139 Å². The van der Waals surface area contributed by atoms with Crippen LogP contribution < -0.4 is 0 Å². The van der Waals surface area contributed by atoms with Crippen LogP contribution in [-0.4, -0.2) is 58.6 Å². The van der Waals surface area contributed by atoms with Crippen LogP contribution in [0.5, 0.6) is 0 Å². The molecule has 0 bridgehead atoms. The van der Waals surface area contributed by atoms with Gasteiger partial charge in [-0.3, -0.25) is 9.59 Å². The summed E-state index contributed by atoms with van der Waals surface area (Å²) < 4.78 is 58.7. The quantitative estimate of drug-likeness (QED) is 0.657. The Morgan fingerprint density at radius 1 is 0.875 bits per heavy atom. The minimum absolute atomic E-state index is 0.218. The molecule has 1 aromatic carbocycles. The molecular formula is C14H16O8S2. The van der Waals surface area contributed by atoms with Crippen molar-refractivity contribution in [2.75, 3.05) is 19.3 Å². The fourth-order valence-electron chi connectivity index (χ4n) is 2.82. The molecule has 0 aliphatic carbocycles. The smallest absolute Gasteiger partial charge is 0.324 e. The van der Waals surface area contributed by atoms with E-state index in [0.29, 0.717) is 0 Å². The summed E-state index contributed by atoms with van der Waals surface area (Å²) in [6, 6.07) is 7.63. The molecule has 0 aromatic heterocycles. The third-order valence-electron chi connectivity index (χ3n) is 3.81. The first-order chi connectivity index (χ1) is 11.2. The van der Waals surface area contributed by atoms with E-state index < -0.39 is 53.1 Å². The normalized spacial score (nSPS) is 27.8. The molecule has 8 nitrogen and oxygen atoms in total. The number of hydrogen-bond acceptors (Lipinski definition) is 8. The summed E-state index contributed by atoms with van der Waals surface area (Å²) in [5.41, 5.74) is 0.218. The Hall–Kier alpha value is -1.94. The topological polar surface area (TPSA) is 121 Å². The van der Waals surface area contributed by atoms with Gasteiger partial charge in [-0.25, -0.2) is 16.8 Å². The number of carbonyl (C=O) groups is 2. The van der Waals surface area contributed by atoms with Crippen LogP contribution in [0.15, 0.2) is 30.3 Å². The van der Waals surface area contributed by atoms with Crippen LogP contribution in [0.25, 0.3) is 0 Å². The summed E-state index contributed by atoms with van der Waals surface area (Å²) in [7, 11) is -6.78. The molecule has 10 heteroatoms. The highest BCUT2D eigenvalue weighted by molar-refractivity contribution is 8.09. The molecule has 0 N–H and O–H groups in total. The van der Waals surface area contributed by atoms with Crippen LogP contribution in [0.3, 0.4) is 0 Å². The standard InChI is InChI=1S/C14H16O8S2/c1-21-13(15)11-10(9-6-4-3-5-7-9)12(14(16)22-2)24(19,20)8-23(11,17)18/h3-7,10-12H,8H2,1-2H3/t11-,12-/m0/s1. The Morgan fingerprint density at radius 3 is 1.67 bits per heavy atom. The van der Waals surface area contributed by atoms with Gasteiger partial charge in [-0.2, -0.15) is 0 Å². The van der Waals surface area contributed by atoms with Gasteiger partial charge in [-0.1, -0.05) is 30.3 Å². The van der Waals surface area contributed by atoms with Crippen LogP contribution >= 0.6 is 0 Å². The average molecular weight is 376 g/mol. The van der Waals surface area contributed by atoms with E-state index in [1.807, 2.05) is 0 Å². The van der Waals surface area contributed by atoms with Crippen molar-refractivity contribution in [2.45, 2.75) is 16.4 Å². The van der Waals surface area contributed by atoms with Gasteiger partial charge in [0, 0.05) is 5.92 Å². The second kappa shape index (κ2) is 6.52. The van der Waals surface area contributed by atoms with Gasteiger partial charge in [0.1, 0.15) is 0 Å². The predicted molar refractivity (Wildman–Crippen MR) is 83.5 cm³/mol. The molecule has 1 saturated heterocycles. The first-order valence-corrected chi connectivity index (χ1v) is 10.2. The molecule has 0 unspecified atom stereocenters. The van der Waals surface area contributed by atoms with E-state index in [-0.39, 0.29) is 5.56 Å². The number of rotatable bonds is 3. The monoisotopic (exact) mass is 376 g/mol. The lowest BCUT2D eigenvalue weighted by Crippen LogP contribution is -2.55. The van der Waals surface area contributed by atoms with E-state index in [2.05, 4.69) is 9.47 Å². The van der Waals surface area contributed by atoms with Crippen molar-refractivity contribution in [2.24, 2.45) is 0 Å². The van der Waals surface area contributed by atoms with Gasteiger partial charge in [0.15, 0.2) is 35.3 Å². The lowest BCUT2D eigenvalue weighted by atomic mass is 9.91. The molecule has 0 saturated carbocycles. The van der Waals surface area contributed by atoms with Gasteiger partial charge in [0.05, 0.1) is 14.2 Å². The van der Waals surface area contributed by atoms with Gasteiger partial charge in [-0.15, -0.1) is 0 Å². The lowest BCUT2D eigenvalue weighted by molar-refractivity contribution is -0.142. The second-order valence-corrected chi connectivity index (χ2v) is 9.88. The first kappa shape index (κ1) is 18.4. The van der Waals surface area contributed by atoms with Crippen LogP contribution in [0.1, 0.15) is 11.5 Å². The molecule has 1 aliphatic heterocycles. The number of ether oxygens (including phenoxy) is 2. The molecule has 132 valence electrons. The van der Waals surface area contributed by atoms with Crippen molar-refractivity contribution in [3.05, 3.63) is 35.9 Å². The fraction of sp³-hybridized carbons (Fsp3) is 0.429. The Bertz CT molecular complexity index is 790. The van der Waals surface area contributed by atoms with Gasteiger partial charge < -0.3 is 9.47 Å². The van der Waals surface area contributed by atoms with Gasteiger partial charge in [0.25, 0.3) is 0 Å². The number of sulfone groups is 2. The largest absolute Gasteiger partial charge is 0.468 e. The van der Waals surface area contributed by atoms with Crippen molar-refractivity contribution in [3.63, 3.8) is 0 Å². The minimum Gasteiger partial charge on any atom is -0.468 e. The van der Waals surface area contributed by atoms with Crippen LogP contribution in [-0.2, 0) is 38.7 Å². The van der Waals surface area contributed by atoms with Crippen LogP contribution in [0, 0.1) is 0 Å². The zero-order valence-corrected chi connectivity index (χ0v) is 14.5. The number of hydrogen-bond donors (Lipinski definition) is 0. The number of carbonyl (C=O) groups excluding carboxylic acids is 2. The lowest BCUT2D eigenvalue weighted by Gasteiger charge is -2.34. The molecule has 1 aromatic rings. The van der Waals surface area contributed by atoms with E-state index in [1.54, 1.807) is 18.2 Å². The molecule has 0 spiro atoms. The number of benzene rings is 1. The van der Waals surface area contributed by atoms with E-state index >= 15 is 0 Å². The average Bonchev–Trinajstić information content (AvgIpc) is 2.52. The van der Waals surface area contributed by atoms with Gasteiger partial charge in [-0.05, 0) is 5.56 Å².